The van der Waals surface area contributed by atoms with Crippen LogP contribution in [0.4, 0.5) is 10.5 Å². The highest BCUT2D eigenvalue weighted by Crippen LogP contribution is 2.19. The normalized spacial score (nSPS) is 10.9. The minimum absolute atomic E-state index is 0.00142. The Kier molecular flexibility index (Phi) is 5.42. The second-order valence-electron chi connectivity index (χ2n) is 4.91. The fraction of sp³-hybridized carbons (Fsp3) is 0.429. The molecule has 2 amide bonds. The molecule has 0 aromatic heterocycles. The van der Waals surface area contributed by atoms with Crippen LogP contribution in [-0.2, 0) is 0 Å². The van der Waals surface area contributed by atoms with Crippen molar-refractivity contribution < 1.29 is 9.59 Å². The number of carbonyl (C=O) groups is 2. The molecule has 1 aromatic carbocycles. The van der Waals surface area contributed by atoms with Crippen LogP contribution in [0.5, 0.6) is 0 Å². The molecule has 0 aliphatic carbocycles. The van der Waals surface area contributed by atoms with E-state index in [0.29, 0.717) is 17.8 Å². The van der Waals surface area contributed by atoms with E-state index in [-0.39, 0.29) is 16.6 Å². The van der Waals surface area contributed by atoms with Crippen molar-refractivity contribution in [3.63, 3.8) is 0 Å². The maximum atomic E-state index is 11.7. The van der Waals surface area contributed by atoms with E-state index in [9.17, 15) is 9.59 Å². The maximum absolute atomic E-state index is 11.7. The molecule has 2 N–H and O–H groups in total. The predicted molar refractivity (Wildman–Crippen MR) is 81.1 cm³/mol. The molecular weight excluding hydrogens is 260 g/mol. The van der Waals surface area contributed by atoms with Gasteiger partial charge in [0.25, 0.3) is 0 Å². The van der Waals surface area contributed by atoms with Gasteiger partial charge in [-0.1, -0.05) is 12.1 Å². The Morgan fingerprint density at radius 2 is 2.00 bits per heavy atom. The zero-order chi connectivity index (χ0) is 14.5. The summed E-state index contributed by atoms with van der Waals surface area (Å²) in [5.41, 5.74) is 1.20. The summed E-state index contributed by atoms with van der Waals surface area (Å²) in [4.78, 5) is 23.0. The Labute approximate surface area is 118 Å². The number of carbonyl (C=O) groups excluding carboxylic acids is 2. The first-order valence-corrected chi connectivity index (χ1v) is 7.27. The molecular formula is C14H20N2O2S. The summed E-state index contributed by atoms with van der Waals surface area (Å²) in [7, 11) is 0. The van der Waals surface area contributed by atoms with Gasteiger partial charge >= 0.3 is 6.03 Å². The van der Waals surface area contributed by atoms with E-state index in [4.69, 9.17) is 0 Å². The number of hydrogen-bond acceptors (Lipinski definition) is 3. The van der Waals surface area contributed by atoms with Crippen molar-refractivity contribution in [3.05, 3.63) is 29.8 Å². The second kappa shape index (κ2) is 6.61. The Hall–Kier alpha value is -1.49. The van der Waals surface area contributed by atoms with E-state index in [1.165, 1.54) is 6.92 Å². The number of hydrogen-bond donors (Lipinski definition) is 2. The lowest BCUT2D eigenvalue weighted by molar-refractivity contribution is 0.101. The molecule has 0 saturated carbocycles. The van der Waals surface area contributed by atoms with Gasteiger partial charge in [-0.25, -0.2) is 4.79 Å². The van der Waals surface area contributed by atoms with Gasteiger partial charge in [-0.3, -0.25) is 4.79 Å². The van der Waals surface area contributed by atoms with Crippen molar-refractivity contribution in [2.75, 3.05) is 18.1 Å². The van der Waals surface area contributed by atoms with Gasteiger partial charge in [0.15, 0.2) is 5.78 Å². The van der Waals surface area contributed by atoms with Crippen molar-refractivity contribution in [1.82, 2.24) is 5.32 Å². The molecule has 5 heteroatoms. The number of nitrogens with one attached hydrogen (secondary N) is 2. The quantitative estimate of drug-likeness (QED) is 0.815. The standard InChI is InChI=1S/C14H20N2O2S/c1-10(17)11-6-5-7-12(8-11)16-13(18)15-9-14(2,3)19-4/h5-8H,9H2,1-4H3,(H2,15,16,18). The molecule has 0 atom stereocenters. The van der Waals surface area contributed by atoms with Gasteiger partial charge < -0.3 is 10.6 Å². The molecule has 0 saturated heterocycles. The molecule has 1 aromatic rings. The first-order valence-electron chi connectivity index (χ1n) is 6.05. The van der Waals surface area contributed by atoms with E-state index < -0.39 is 0 Å². The summed E-state index contributed by atoms with van der Waals surface area (Å²) in [5, 5.41) is 5.54. The minimum atomic E-state index is -0.261. The summed E-state index contributed by atoms with van der Waals surface area (Å²) in [6, 6.07) is 6.64. The maximum Gasteiger partial charge on any atom is 0.319 e. The van der Waals surface area contributed by atoms with E-state index in [2.05, 4.69) is 24.5 Å². The first kappa shape index (κ1) is 15.6. The van der Waals surface area contributed by atoms with E-state index >= 15 is 0 Å². The first-order chi connectivity index (χ1) is 8.84. The highest BCUT2D eigenvalue weighted by atomic mass is 32.2. The van der Waals surface area contributed by atoms with E-state index in [1.807, 2.05) is 6.26 Å². The number of ketones is 1. The Balaban J connectivity index is 2.58. The van der Waals surface area contributed by atoms with Gasteiger partial charge in [0.1, 0.15) is 0 Å². The monoisotopic (exact) mass is 280 g/mol. The summed E-state index contributed by atoms with van der Waals surface area (Å²) >= 11 is 1.69. The van der Waals surface area contributed by atoms with E-state index in [0.717, 1.165) is 0 Å². The lowest BCUT2D eigenvalue weighted by atomic mass is 10.1. The second-order valence-corrected chi connectivity index (χ2v) is 6.42. The van der Waals surface area contributed by atoms with Crippen LogP contribution >= 0.6 is 11.8 Å². The third kappa shape index (κ3) is 5.34. The summed E-state index contributed by atoms with van der Waals surface area (Å²) in [5.74, 6) is -0.0208. The molecule has 0 unspecified atom stereocenters. The minimum Gasteiger partial charge on any atom is -0.336 e. The number of Topliss-reactive ketones (excluding diaryl/α,β-unsaturated/α-hetero) is 1. The highest BCUT2D eigenvalue weighted by Gasteiger charge is 2.16. The van der Waals surface area contributed by atoms with Crippen LogP contribution < -0.4 is 10.6 Å². The van der Waals surface area contributed by atoms with E-state index in [1.54, 1.807) is 36.0 Å². The van der Waals surface area contributed by atoms with Crippen molar-refractivity contribution in [3.8, 4) is 0 Å². The summed E-state index contributed by atoms with van der Waals surface area (Å²) in [6.45, 7) is 6.20. The van der Waals surface area contributed by atoms with Crippen LogP contribution in [0.25, 0.3) is 0 Å². The topological polar surface area (TPSA) is 58.2 Å². The van der Waals surface area contributed by atoms with Crippen molar-refractivity contribution >= 4 is 29.3 Å². The third-order valence-corrected chi connectivity index (χ3v) is 4.00. The summed E-state index contributed by atoms with van der Waals surface area (Å²) < 4.78 is -0.00142. The molecule has 0 heterocycles. The number of urea groups is 1. The van der Waals surface area contributed by atoms with Crippen LogP contribution in [0, 0.1) is 0 Å². The number of thioether (sulfide) groups is 1. The lowest BCUT2D eigenvalue weighted by Crippen LogP contribution is -2.38. The van der Waals surface area contributed by atoms with Crippen molar-refractivity contribution in [1.29, 1.82) is 0 Å². The van der Waals surface area contributed by atoms with Crippen LogP contribution in [0.15, 0.2) is 24.3 Å². The summed E-state index contributed by atoms with van der Waals surface area (Å²) in [6.07, 6.45) is 2.01. The van der Waals surface area contributed by atoms with Crippen LogP contribution in [-0.4, -0.2) is 29.4 Å². The van der Waals surface area contributed by atoms with Gasteiger partial charge in [0.05, 0.1) is 0 Å². The number of anilines is 1. The molecule has 19 heavy (non-hydrogen) atoms. The number of rotatable bonds is 5. The van der Waals surface area contributed by atoms with Gasteiger partial charge in [-0.15, -0.1) is 0 Å². The molecule has 104 valence electrons. The molecule has 0 spiro atoms. The number of amides is 2. The fourth-order valence-corrected chi connectivity index (χ4v) is 1.57. The Morgan fingerprint density at radius 3 is 2.58 bits per heavy atom. The molecule has 0 bridgehead atoms. The van der Waals surface area contributed by atoms with Crippen molar-refractivity contribution in [2.24, 2.45) is 0 Å². The average Bonchev–Trinajstić information content (AvgIpc) is 2.37. The molecule has 0 radical (unpaired) electrons. The molecule has 4 nitrogen and oxygen atoms in total. The van der Waals surface area contributed by atoms with Crippen LogP contribution in [0.3, 0.4) is 0 Å². The van der Waals surface area contributed by atoms with Gasteiger partial charge in [0.2, 0.25) is 0 Å². The molecule has 0 aliphatic heterocycles. The fourth-order valence-electron chi connectivity index (χ4n) is 1.36. The zero-order valence-electron chi connectivity index (χ0n) is 11.7. The van der Waals surface area contributed by atoms with Gasteiger partial charge in [-0.05, 0) is 39.2 Å². The molecule has 0 aliphatic rings. The smallest absolute Gasteiger partial charge is 0.319 e. The largest absolute Gasteiger partial charge is 0.336 e. The Bertz CT molecular complexity index is 472. The average molecular weight is 280 g/mol. The van der Waals surface area contributed by atoms with Crippen molar-refractivity contribution in [2.45, 2.75) is 25.5 Å². The molecule has 1 rings (SSSR count). The SMILES string of the molecule is CSC(C)(C)CNC(=O)Nc1cccc(C(C)=O)c1. The highest BCUT2D eigenvalue weighted by molar-refractivity contribution is 7.99. The molecule has 0 fully saturated rings. The predicted octanol–water partition coefficient (Wildman–Crippen LogP) is 3.15. The lowest BCUT2D eigenvalue weighted by Gasteiger charge is -2.22. The van der Waals surface area contributed by atoms with Crippen LogP contribution in [0.1, 0.15) is 31.1 Å². The Morgan fingerprint density at radius 1 is 1.32 bits per heavy atom. The van der Waals surface area contributed by atoms with Gasteiger partial charge in [0, 0.05) is 22.5 Å². The third-order valence-electron chi connectivity index (χ3n) is 2.75. The van der Waals surface area contributed by atoms with Gasteiger partial charge in [-0.2, -0.15) is 11.8 Å². The number of benzene rings is 1. The van der Waals surface area contributed by atoms with Crippen LogP contribution in [0.2, 0.25) is 0 Å². The zero-order valence-corrected chi connectivity index (χ0v) is 12.6.